The number of rotatable bonds is 2. The van der Waals surface area contributed by atoms with Crippen molar-refractivity contribution in [1.29, 1.82) is 0 Å². The molecule has 0 aliphatic carbocycles. The van der Waals surface area contributed by atoms with Gasteiger partial charge in [-0.25, -0.2) is 0 Å². The highest BCUT2D eigenvalue weighted by Gasteiger charge is 2.27. The van der Waals surface area contributed by atoms with Gasteiger partial charge in [-0.3, -0.25) is 4.68 Å². The Morgan fingerprint density at radius 3 is 3.15 bits per heavy atom. The molecule has 4 nitrogen and oxygen atoms in total. The molecule has 2 heterocycles. The molecule has 1 fully saturated rings. The SMILES string of the molecule is CCn1cc(C2OCCC2N)cn1. The third kappa shape index (κ3) is 1.59. The monoisotopic (exact) mass is 181 g/mol. The molecule has 0 aromatic carbocycles. The average molecular weight is 181 g/mol. The molecule has 2 atom stereocenters. The fraction of sp³-hybridized carbons (Fsp3) is 0.667. The predicted molar refractivity (Wildman–Crippen MR) is 49.2 cm³/mol. The molecule has 1 saturated heterocycles. The maximum Gasteiger partial charge on any atom is 0.101 e. The topological polar surface area (TPSA) is 53.1 Å². The first-order valence-electron chi connectivity index (χ1n) is 4.71. The third-order valence-electron chi connectivity index (χ3n) is 2.44. The second kappa shape index (κ2) is 3.47. The van der Waals surface area contributed by atoms with Crippen molar-refractivity contribution < 1.29 is 4.74 Å². The van der Waals surface area contributed by atoms with Gasteiger partial charge in [0.05, 0.1) is 6.20 Å². The van der Waals surface area contributed by atoms with E-state index in [1.54, 1.807) is 0 Å². The van der Waals surface area contributed by atoms with E-state index in [1.165, 1.54) is 0 Å². The summed E-state index contributed by atoms with van der Waals surface area (Å²) in [7, 11) is 0. The van der Waals surface area contributed by atoms with Gasteiger partial charge in [-0.05, 0) is 13.3 Å². The van der Waals surface area contributed by atoms with Crippen LogP contribution in [0, 0.1) is 0 Å². The van der Waals surface area contributed by atoms with Crippen molar-refractivity contribution in [1.82, 2.24) is 9.78 Å². The molecule has 0 radical (unpaired) electrons. The molecule has 13 heavy (non-hydrogen) atoms. The minimum Gasteiger partial charge on any atom is -0.372 e. The van der Waals surface area contributed by atoms with Crippen LogP contribution in [0.15, 0.2) is 12.4 Å². The Morgan fingerprint density at radius 2 is 2.62 bits per heavy atom. The highest BCUT2D eigenvalue weighted by Crippen LogP contribution is 2.26. The lowest BCUT2D eigenvalue weighted by Gasteiger charge is -2.11. The van der Waals surface area contributed by atoms with Gasteiger partial charge in [-0.2, -0.15) is 5.10 Å². The molecule has 0 saturated carbocycles. The average Bonchev–Trinajstić information content (AvgIpc) is 2.71. The molecule has 4 heteroatoms. The Morgan fingerprint density at radius 1 is 1.77 bits per heavy atom. The van der Waals surface area contributed by atoms with E-state index in [2.05, 4.69) is 12.0 Å². The van der Waals surface area contributed by atoms with E-state index in [-0.39, 0.29) is 12.1 Å². The van der Waals surface area contributed by atoms with Crippen LogP contribution in [0.25, 0.3) is 0 Å². The van der Waals surface area contributed by atoms with E-state index in [9.17, 15) is 0 Å². The summed E-state index contributed by atoms with van der Waals surface area (Å²) in [6.45, 7) is 3.72. The van der Waals surface area contributed by atoms with Gasteiger partial charge in [-0.15, -0.1) is 0 Å². The summed E-state index contributed by atoms with van der Waals surface area (Å²) in [4.78, 5) is 0. The smallest absolute Gasteiger partial charge is 0.101 e. The molecule has 1 aromatic rings. The standard InChI is InChI=1S/C9H15N3O/c1-2-12-6-7(5-11-12)9-8(10)3-4-13-9/h5-6,8-9H,2-4,10H2,1H3. The third-order valence-corrected chi connectivity index (χ3v) is 2.44. The lowest BCUT2D eigenvalue weighted by Crippen LogP contribution is -2.23. The Balaban J connectivity index is 2.15. The molecule has 0 spiro atoms. The van der Waals surface area contributed by atoms with Gasteiger partial charge < -0.3 is 10.5 Å². The van der Waals surface area contributed by atoms with Crippen LogP contribution in [0.3, 0.4) is 0 Å². The summed E-state index contributed by atoms with van der Waals surface area (Å²) in [5.41, 5.74) is 7.00. The second-order valence-electron chi connectivity index (χ2n) is 3.37. The Bertz CT molecular complexity index is 284. The fourth-order valence-electron chi connectivity index (χ4n) is 1.65. The van der Waals surface area contributed by atoms with Crippen LogP contribution in [0.1, 0.15) is 25.0 Å². The molecule has 2 rings (SSSR count). The van der Waals surface area contributed by atoms with Crippen molar-refractivity contribution in [3.05, 3.63) is 18.0 Å². The van der Waals surface area contributed by atoms with Crippen LogP contribution in [-0.2, 0) is 11.3 Å². The lowest BCUT2D eigenvalue weighted by molar-refractivity contribution is 0.105. The fourth-order valence-corrected chi connectivity index (χ4v) is 1.65. The van der Waals surface area contributed by atoms with Gasteiger partial charge >= 0.3 is 0 Å². The quantitative estimate of drug-likeness (QED) is 0.730. The normalized spacial score (nSPS) is 28.2. The zero-order chi connectivity index (χ0) is 9.26. The van der Waals surface area contributed by atoms with Crippen molar-refractivity contribution in [3.8, 4) is 0 Å². The van der Waals surface area contributed by atoms with Gasteiger partial charge in [0.1, 0.15) is 6.10 Å². The predicted octanol–water partition coefficient (Wildman–Crippen LogP) is 0.692. The van der Waals surface area contributed by atoms with E-state index >= 15 is 0 Å². The van der Waals surface area contributed by atoms with Gasteiger partial charge in [-0.1, -0.05) is 0 Å². The van der Waals surface area contributed by atoms with Crippen LogP contribution in [0.5, 0.6) is 0 Å². The van der Waals surface area contributed by atoms with Gasteiger partial charge in [0.2, 0.25) is 0 Å². The first-order chi connectivity index (χ1) is 6.31. The summed E-state index contributed by atoms with van der Waals surface area (Å²) in [6, 6.07) is 0.134. The first kappa shape index (κ1) is 8.72. The van der Waals surface area contributed by atoms with Gasteiger partial charge in [0.15, 0.2) is 0 Å². The van der Waals surface area contributed by atoms with E-state index in [0.717, 1.165) is 25.1 Å². The summed E-state index contributed by atoms with van der Waals surface area (Å²) >= 11 is 0. The van der Waals surface area contributed by atoms with Crippen molar-refractivity contribution in [2.45, 2.75) is 32.0 Å². The van der Waals surface area contributed by atoms with E-state index in [0.29, 0.717) is 0 Å². The number of ether oxygens (including phenoxy) is 1. The Hall–Kier alpha value is -0.870. The molecule has 1 aliphatic heterocycles. The number of aromatic nitrogens is 2. The molecule has 2 N–H and O–H groups in total. The van der Waals surface area contributed by atoms with Crippen molar-refractivity contribution in [3.63, 3.8) is 0 Å². The molecule has 0 amide bonds. The van der Waals surface area contributed by atoms with Gasteiger partial charge in [0, 0.05) is 31.0 Å². The summed E-state index contributed by atoms with van der Waals surface area (Å²) in [5, 5.41) is 4.19. The van der Waals surface area contributed by atoms with Crippen molar-refractivity contribution in [2.75, 3.05) is 6.61 Å². The van der Waals surface area contributed by atoms with Crippen LogP contribution >= 0.6 is 0 Å². The van der Waals surface area contributed by atoms with Crippen LogP contribution in [0.4, 0.5) is 0 Å². The molecule has 1 aromatic heterocycles. The second-order valence-corrected chi connectivity index (χ2v) is 3.37. The highest BCUT2D eigenvalue weighted by molar-refractivity contribution is 5.12. The summed E-state index contributed by atoms with van der Waals surface area (Å²) in [5.74, 6) is 0. The summed E-state index contributed by atoms with van der Waals surface area (Å²) in [6.07, 6.45) is 4.86. The van der Waals surface area contributed by atoms with Crippen LogP contribution in [-0.4, -0.2) is 22.4 Å². The van der Waals surface area contributed by atoms with Crippen molar-refractivity contribution >= 4 is 0 Å². The maximum absolute atomic E-state index is 5.90. The zero-order valence-corrected chi connectivity index (χ0v) is 7.81. The number of hydrogen-bond donors (Lipinski definition) is 1. The maximum atomic E-state index is 5.90. The molecule has 1 aliphatic rings. The van der Waals surface area contributed by atoms with E-state index < -0.39 is 0 Å². The van der Waals surface area contributed by atoms with Crippen LogP contribution in [0.2, 0.25) is 0 Å². The first-order valence-corrected chi connectivity index (χ1v) is 4.71. The number of hydrogen-bond acceptors (Lipinski definition) is 3. The van der Waals surface area contributed by atoms with E-state index in [1.807, 2.05) is 17.1 Å². The van der Waals surface area contributed by atoms with Gasteiger partial charge in [0.25, 0.3) is 0 Å². The molecule has 72 valence electrons. The number of aryl methyl sites for hydroxylation is 1. The molecule has 2 unspecified atom stereocenters. The molecule has 0 bridgehead atoms. The van der Waals surface area contributed by atoms with E-state index in [4.69, 9.17) is 10.5 Å². The Labute approximate surface area is 77.7 Å². The highest BCUT2D eigenvalue weighted by atomic mass is 16.5. The Kier molecular flexibility index (Phi) is 2.33. The molecular formula is C9H15N3O. The van der Waals surface area contributed by atoms with Crippen molar-refractivity contribution in [2.24, 2.45) is 5.73 Å². The number of nitrogens with zero attached hydrogens (tertiary/aromatic N) is 2. The zero-order valence-electron chi connectivity index (χ0n) is 7.81. The number of nitrogens with two attached hydrogens (primary N) is 1. The lowest BCUT2D eigenvalue weighted by atomic mass is 10.1. The largest absolute Gasteiger partial charge is 0.372 e. The summed E-state index contributed by atoms with van der Waals surface area (Å²) < 4.78 is 7.42. The minimum atomic E-state index is 0.0558. The molecular weight excluding hydrogens is 166 g/mol. The van der Waals surface area contributed by atoms with Crippen LogP contribution < -0.4 is 5.73 Å². The minimum absolute atomic E-state index is 0.0558.